The third-order valence-corrected chi connectivity index (χ3v) is 6.88. The summed E-state index contributed by atoms with van der Waals surface area (Å²) in [6.07, 6.45) is 1.58. The smallest absolute Gasteiger partial charge is 0.282 e. The topological polar surface area (TPSA) is 56.5 Å². The molecular weight excluding hydrogens is 617 g/mol. The van der Waals surface area contributed by atoms with Crippen LogP contribution in [0.15, 0.2) is 73.4 Å². The average molecular weight is 638 g/mol. The number of aromatic nitrogens is 2. The van der Waals surface area contributed by atoms with Gasteiger partial charge in [-0.3, -0.25) is 4.79 Å². The standard InChI is InChI=1S/C26H21Br2Cl2N3O2/c1-26(2,3)25-32-22-9-8-17(27)12-18(22)24(34)33(25)31-13-15-10-19(28)23(21(30)11-15)35-14-16-6-4-5-7-20(16)29/h4-13H,14H2,1-3H3. The van der Waals surface area contributed by atoms with Crippen molar-refractivity contribution in [2.24, 2.45) is 5.10 Å². The van der Waals surface area contributed by atoms with Crippen LogP contribution in [-0.4, -0.2) is 15.9 Å². The van der Waals surface area contributed by atoms with E-state index in [-0.39, 0.29) is 12.2 Å². The molecule has 5 nitrogen and oxygen atoms in total. The second-order valence-corrected chi connectivity index (χ2v) is 11.5. The van der Waals surface area contributed by atoms with Crippen molar-refractivity contribution in [3.8, 4) is 5.75 Å². The van der Waals surface area contributed by atoms with Crippen LogP contribution in [0.2, 0.25) is 10.0 Å². The number of ether oxygens (including phenoxy) is 1. The summed E-state index contributed by atoms with van der Waals surface area (Å²) in [5, 5.41) is 6.01. The maximum atomic E-state index is 13.3. The van der Waals surface area contributed by atoms with E-state index in [4.69, 9.17) is 32.9 Å². The Labute approximate surface area is 230 Å². The Balaban J connectivity index is 1.69. The molecule has 35 heavy (non-hydrogen) atoms. The van der Waals surface area contributed by atoms with E-state index in [2.05, 4.69) is 37.0 Å². The second kappa shape index (κ2) is 10.4. The molecule has 0 fully saturated rings. The Kier molecular flexibility index (Phi) is 7.71. The molecule has 0 N–H and O–H groups in total. The van der Waals surface area contributed by atoms with Gasteiger partial charge in [0.15, 0.2) is 5.75 Å². The maximum absolute atomic E-state index is 13.3. The summed E-state index contributed by atoms with van der Waals surface area (Å²) in [5.41, 5.74) is 1.51. The van der Waals surface area contributed by atoms with E-state index in [1.807, 2.05) is 63.2 Å². The van der Waals surface area contributed by atoms with Gasteiger partial charge in [-0.2, -0.15) is 9.78 Å². The predicted octanol–water partition coefficient (Wildman–Crippen LogP) is 7.99. The molecule has 1 aromatic heterocycles. The van der Waals surface area contributed by atoms with Crippen LogP contribution in [0.4, 0.5) is 0 Å². The van der Waals surface area contributed by atoms with Gasteiger partial charge in [-0.15, -0.1) is 0 Å². The zero-order chi connectivity index (χ0) is 25.3. The Morgan fingerprint density at radius 2 is 1.80 bits per heavy atom. The zero-order valence-corrected chi connectivity index (χ0v) is 23.8. The van der Waals surface area contributed by atoms with Crippen molar-refractivity contribution in [2.45, 2.75) is 32.8 Å². The molecule has 0 atom stereocenters. The molecule has 0 radical (unpaired) electrons. The molecule has 4 aromatic rings. The number of benzene rings is 3. The summed E-state index contributed by atoms with van der Waals surface area (Å²) in [5.74, 6) is 1.05. The van der Waals surface area contributed by atoms with Gasteiger partial charge in [-0.05, 0) is 57.9 Å². The van der Waals surface area contributed by atoms with E-state index in [0.717, 1.165) is 10.0 Å². The van der Waals surface area contributed by atoms with Crippen molar-refractivity contribution in [3.63, 3.8) is 0 Å². The van der Waals surface area contributed by atoms with Crippen molar-refractivity contribution in [3.05, 3.63) is 101 Å². The lowest BCUT2D eigenvalue weighted by Gasteiger charge is -2.21. The fraction of sp³-hybridized carbons (Fsp3) is 0.192. The highest BCUT2D eigenvalue weighted by Gasteiger charge is 2.23. The number of fused-ring (bicyclic) bond motifs is 1. The zero-order valence-electron chi connectivity index (χ0n) is 19.2. The molecule has 0 aliphatic rings. The lowest BCUT2D eigenvalue weighted by Crippen LogP contribution is -2.29. The molecule has 9 heteroatoms. The number of halogens is 4. The van der Waals surface area contributed by atoms with E-state index in [0.29, 0.717) is 42.6 Å². The Morgan fingerprint density at radius 1 is 1.06 bits per heavy atom. The van der Waals surface area contributed by atoms with Gasteiger partial charge in [-0.1, -0.05) is 78.1 Å². The predicted molar refractivity (Wildman–Crippen MR) is 150 cm³/mol. The summed E-state index contributed by atoms with van der Waals surface area (Å²) in [4.78, 5) is 18.1. The van der Waals surface area contributed by atoms with Crippen molar-refractivity contribution < 1.29 is 4.74 Å². The van der Waals surface area contributed by atoms with E-state index >= 15 is 0 Å². The maximum Gasteiger partial charge on any atom is 0.282 e. The minimum absolute atomic E-state index is 0.248. The summed E-state index contributed by atoms with van der Waals surface area (Å²) in [6, 6.07) is 16.5. The van der Waals surface area contributed by atoms with E-state index in [9.17, 15) is 4.79 Å². The minimum atomic E-state index is -0.410. The molecule has 0 aliphatic carbocycles. The van der Waals surface area contributed by atoms with Crippen molar-refractivity contribution in [1.29, 1.82) is 0 Å². The SMILES string of the molecule is CC(C)(C)c1nc2ccc(Br)cc2c(=O)n1N=Cc1cc(Cl)c(OCc2ccccc2Cl)c(Br)c1. The van der Waals surface area contributed by atoms with E-state index in [1.54, 1.807) is 18.3 Å². The highest BCUT2D eigenvalue weighted by atomic mass is 79.9. The Morgan fingerprint density at radius 3 is 2.49 bits per heavy atom. The Hall–Kier alpha value is -2.19. The number of hydrogen-bond donors (Lipinski definition) is 0. The number of rotatable bonds is 5. The molecule has 0 aliphatic heterocycles. The molecule has 180 valence electrons. The van der Waals surface area contributed by atoms with Crippen LogP contribution in [0.5, 0.6) is 5.75 Å². The van der Waals surface area contributed by atoms with Crippen LogP contribution in [0.1, 0.15) is 37.7 Å². The first-order valence-electron chi connectivity index (χ1n) is 10.7. The van der Waals surface area contributed by atoms with Crippen molar-refractivity contribution in [2.75, 3.05) is 0 Å². The Bertz CT molecular complexity index is 1490. The lowest BCUT2D eigenvalue weighted by molar-refractivity contribution is 0.304. The molecule has 0 amide bonds. The van der Waals surface area contributed by atoms with E-state index in [1.165, 1.54) is 4.68 Å². The lowest BCUT2D eigenvalue weighted by atomic mass is 9.95. The molecule has 0 saturated heterocycles. The third kappa shape index (κ3) is 5.80. The summed E-state index contributed by atoms with van der Waals surface area (Å²) in [6.45, 7) is 6.24. The summed E-state index contributed by atoms with van der Waals surface area (Å²) in [7, 11) is 0. The van der Waals surface area contributed by atoms with Gasteiger partial charge in [0, 0.05) is 20.5 Å². The monoisotopic (exact) mass is 635 g/mol. The van der Waals surface area contributed by atoms with Gasteiger partial charge in [0.1, 0.15) is 12.4 Å². The first-order valence-corrected chi connectivity index (χ1v) is 13.0. The molecule has 1 heterocycles. The third-order valence-electron chi connectivity index (χ3n) is 5.15. The molecule has 0 unspecified atom stereocenters. The summed E-state index contributed by atoms with van der Waals surface area (Å²) >= 11 is 19.7. The highest BCUT2D eigenvalue weighted by Crippen LogP contribution is 2.35. The van der Waals surface area contributed by atoms with Gasteiger partial charge < -0.3 is 4.74 Å². The van der Waals surface area contributed by atoms with Gasteiger partial charge in [0.2, 0.25) is 0 Å². The molecule has 0 bridgehead atoms. The van der Waals surface area contributed by atoms with Crippen LogP contribution in [-0.2, 0) is 12.0 Å². The number of hydrogen-bond acceptors (Lipinski definition) is 4. The average Bonchev–Trinajstić information content (AvgIpc) is 2.78. The van der Waals surface area contributed by atoms with Crippen LogP contribution in [0.3, 0.4) is 0 Å². The van der Waals surface area contributed by atoms with Gasteiger partial charge in [0.05, 0.1) is 26.6 Å². The molecular formula is C26H21Br2Cl2N3O2. The normalized spacial score (nSPS) is 12.0. The molecule has 0 spiro atoms. The van der Waals surface area contributed by atoms with Gasteiger partial charge in [0.25, 0.3) is 5.56 Å². The fourth-order valence-corrected chi connectivity index (χ4v) is 4.96. The molecule has 3 aromatic carbocycles. The summed E-state index contributed by atoms with van der Waals surface area (Å²) < 4.78 is 8.72. The first kappa shape index (κ1) is 25.9. The number of nitrogens with zero attached hydrogens (tertiary/aromatic N) is 3. The van der Waals surface area contributed by atoms with Crippen LogP contribution in [0.25, 0.3) is 10.9 Å². The fourth-order valence-electron chi connectivity index (χ4n) is 3.42. The van der Waals surface area contributed by atoms with Crippen LogP contribution >= 0.6 is 55.1 Å². The van der Waals surface area contributed by atoms with E-state index < -0.39 is 5.41 Å². The van der Waals surface area contributed by atoms with Crippen molar-refractivity contribution >= 4 is 72.2 Å². The van der Waals surface area contributed by atoms with Gasteiger partial charge in [-0.25, -0.2) is 4.98 Å². The minimum Gasteiger partial charge on any atom is -0.486 e. The largest absolute Gasteiger partial charge is 0.486 e. The second-order valence-electron chi connectivity index (χ2n) is 8.90. The highest BCUT2D eigenvalue weighted by molar-refractivity contribution is 9.10. The molecule has 4 rings (SSSR count). The van der Waals surface area contributed by atoms with Crippen molar-refractivity contribution in [1.82, 2.24) is 9.66 Å². The first-order chi connectivity index (χ1) is 16.5. The van der Waals surface area contributed by atoms with Gasteiger partial charge >= 0.3 is 0 Å². The quantitative estimate of drug-likeness (QED) is 0.209. The van der Waals surface area contributed by atoms with Crippen LogP contribution in [0, 0.1) is 0 Å². The molecule has 0 saturated carbocycles. The van der Waals surface area contributed by atoms with Crippen LogP contribution < -0.4 is 10.3 Å².